The molecular weight excluding hydrogens is 258 g/mol. The number of amides is 1. The molecule has 6 heteroatoms. The number of hydrogen-bond acceptors (Lipinski definition) is 4. The maximum Gasteiger partial charge on any atom is 0.272 e. The highest BCUT2D eigenvalue weighted by Crippen LogP contribution is 2.32. The lowest BCUT2D eigenvalue weighted by Gasteiger charge is -2.05. The third-order valence-corrected chi connectivity index (χ3v) is 3.12. The Bertz CT molecular complexity index is 664. The smallest absolute Gasteiger partial charge is 0.272 e. The molecule has 2 aromatic rings. The van der Waals surface area contributed by atoms with E-state index in [4.69, 9.17) is 9.47 Å². The highest BCUT2D eigenvalue weighted by atomic mass is 16.7. The third kappa shape index (κ3) is 2.32. The zero-order valence-electron chi connectivity index (χ0n) is 11.3. The Morgan fingerprint density at radius 1 is 1.40 bits per heavy atom. The van der Waals surface area contributed by atoms with Crippen molar-refractivity contribution in [2.75, 3.05) is 6.79 Å². The van der Waals surface area contributed by atoms with Gasteiger partial charge >= 0.3 is 0 Å². The van der Waals surface area contributed by atoms with E-state index < -0.39 is 0 Å². The van der Waals surface area contributed by atoms with Crippen LogP contribution in [0.15, 0.2) is 24.4 Å². The minimum Gasteiger partial charge on any atom is -0.454 e. The van der Waals surface area contributed by atoms with Crippen LogP contribution in [0.2, 0.25) is 0 Å². The molecule has 2 heterocycles. The predicted molar refractivity (Wildman–Crippen MR) is 71.7 cm³/mol. The summed E-state index contributed by atoms with van der Waals surface area (Å²) in [5.74, 6) is 1.27. The molecule has 0 atom stereocenters. The summed E-state index contributed by atoms with van der Waals surface area (Å²) in [5, 5.41) is 6.99. The first-order valence-corrected chi connectivity index (χ1v) is 6.30. The molecule has 0 bridgehead atoms. The van der Waals surface area contributed by atoms with Crippen molar-refractivity contribution in [3.63, 3.8) is 0 Å². The molecule has 6 nitrogen and oxygen atoms in total. The molecule has 104 valence electrons. The lowest BCUT2D eigenvalue weighted by molar-refractivity contribution is 0.0944. The number of aryl methyl sites for hydroxylation is 2. The summed E-state index contributed by atoms with van der Waals surface area (Å²) in [6, 6.07) is 5.61. The van der Waals surface area contributed by atoms with Crippen LogP contribution in [-0.4, -0.2) is 22.5 Å². The summed E-state index contributed by atoms with van der Waals surface area (Å²) in [7, 11) is 1.79. The fourth-order valence-corrected chi connectivity index (χ4v) is 2.15. The molecule has 0 aliphatic carbocycles. The van der Waals surface area contributed by atoms with Crippen LogP contribution in [0, 0.1) is 6.92 Å². The van der Waals surface area contributed by atoms with Crippen LogP contribution in [0.3, 0.4) is 0 Å². The zero-order valence-corrected chi connectivity index (χ0v) is 11.3. The van der Waals surface area contributed by atoms with Gasteiger partial charge in [-0.15, -0.1) is 0 Å². The highest BCUT2D eigenvalue weighted by molar-refractivity contribution is 5.93. The fraction of sp³-hybridized carbons (Fsp3) is 0.286. The molecule has 0 unspecified atom stereocenters. The van der Waals surface area contributed by atoms with E-state index in [0.717, 1.165) is 16.9 Å². The maximum atomic E-state index is 12.0. The molecule has 0 saturated carbocycles. The second-order valence-electron chi connectivity index (χ2n) is 4.70. The number of aromatic nitrogens is 2. The Morgan fingerprint density at radius 3 is 2.95 bits per heavy atom. The number of rotatable bonds is 3. The Morgan fingerprint density at radius 2 is 2.20 bits per heavy atom. The lowest BCUT2D eigenvalue weighted by atomic mass is 10.2. The molecule has 20 heavy (non-hydrogen) atoms. The van der Waals surface area contributed by atoms with Gasteiger partial charge in [-0.2, -0.15) is 5.10 Å². The average Bonchev–Trinajstić information content (AvgIpc) is 3.01. The zero-order chi connectivity index (χ0) is 14.1. The number of benzene rings is 1. The van der Waals surface area contributed by atoms with Gasteiger partial charge in [0.15, 0.2) is 17.2 Å². The second kappa shape index (κ2) is 4.88. The van der Waals surface area contributed by atoms with Crippen LogP contribution in [0.5, 0.6) is 11.5 Å². The van der Waals surface area contributed by atoms with E-state index in [1.54, 1.807) is 11.7 Å². The largest absolute Gasteiger partial charge is 0.454 e. The SMILES string of the molecule is Cc1cn(C)nc1C(=O)NCc1ccc2c(c1)OCO2. The molecule has 3 rings (SSSR count). The second-order valence-corrected chi connectivity index (χ2v) is 4.70. The van der Waals surface area contributed by atoms with Crippen molar-refractivity contribution in [2.24, 2.45) is 7.05 Å². The normalized spacial score (nSPS) is 12.5. The Kier molecular flexibility index (Phi) is 3.06. The van der Waals surface area contributed by atoms with Gasteiger partial charge < -0.3 is 14.8 Å². The Balaban J connectivity index is 1.67. The van der Waals surface area contributed by atoms with Crippen molar-refractivity contribution in [2.45, 2.75) is 13.5 Å². The van der Waals surface area contributed by atoms with Crippen molar-refractivity contribution < 1.29 is 14.3 Å². The molecule has 1 aliphatic rings. The summed E-state index contributed by atoms with van der Waals surface area (Å²) >= 11 is 0. The minimum absolute atomic E-state index is 0.180. The van der Waals surface area contributed by atoms with Crippen molar-refractivity contribution in [1.82, 2.24) is 15.1 Å². The highest BCUT2D eigenvalue weighted by Gasteiger charge is 2.15. The van der Waals surface area contributed by atoms with E-state index in [9.17, 15) is 4.79 Å². The first-order valence-electron chi connectivity index (χ1n) is 6.30. The Hall–Kier alpha value is -2.50. The summed E-state index contributed by atoms with van der Waals surface area (Å²) in [6.45, 7) is 2.53. The Labute approximate surface area is 116 Å². The van der Waals surface area contributed by atoms with Crippen LogP contribution in [0.4, 0.5) is 0 Å². The summed E-state index contributed by atoms with van der Waals surface area (Å²) in [4.78, 5) is 12.0. The van der Waals surface area contributed by atoms with Gasteiger partial charge in [-0.05, 0) is 24.6 Å². The molecule has 1 N–H and O–H groups in total. The van der Waals surface area contributed by atoms with Crippen molar-refractivity contribution in [3.05, 3.63) is 41.2 Å². The van der Waals surface area contributed by atoms with Gasteiger partial charge in [0.1, 0.15) is 0 Å². The molecule has 1 aromatic heterocycles. The molecule has 1 amide bonds. The molecule has 0 spiro atoms. The van der Waals surface area contributed by atoms with Gasteiger partial charge in [0.2, 0.25) is 6.79 Å². The number of carbonyl (C=O) groups is 1. The average molecular weight is 273 g/mol. The first-order chi connectivity index (χ1) is 9.63. The molecule has 0 radical (unpaired) electrons. The minimum atomic E-state index is -0.180. The van der Waals surface area contributed by atoms with Crippen molar-refractivity contribution >= 4 is 5.91 Å². The van der Waals surface area contributed by atoms with E-state index in [-0.39, 0.29) is 12.7 Å². The van der Waals surface area contributed by atoms with Crippen LogP contribution in [0.25, 0.3) is 0 Å². The predicted octanol–water partition coefficient (Wildman–Crippen LogP) is 1.39. The monoisotopic (exact) mass is 273 g/mol. The van der Waals surface area contributed by atoms with E-state index in [1.807, 2.05) is 31.3 Å². The molecule has 0 fully saturated rings. The molecular formula is C14H15N3O3. The maximum absolute atomic E-state index is 12.0. The van der Waals surface area contributed by atoms with Crippen molar-refractivity contribution in [3.8, 4) is 11.5 Å². The van der Waals surface area contributed by atoms with E-state index in [2.05, 4.69) is 10.4 Å². The number of nitrogens with one attached hydrogen (secondary N) is 1. The van der Waals surface area contributed by atoms with Gasteiger partial charge in [0.05, 0.1) is 0 Å². The standard InChI is InChI=1S/C14H15N3O3/c1-9-7-17(2)16-13(9)14(18)15-6-10-3-4-11-12(5-10)20-8-19-11/h3-5,7H,6,8H2,1-2H3,(H,15,18). The first kappa shape index (κ1) is 12.5. The number of nitrogens with zero attached hydrogens (tertiary/aromatic N) is 2. The van der Waals surface area contributed by atoms with Crippen LogP contribution < -0.4 is 14.8 Å². The molecule has 1 aromatic carbocycles. The molecule has 0 saturated heterocycles. The number of carbonyl (C=O) groups excluding carboxylic acids is 1. The van der Waals surface area contributed by atoms with Crippen LogP contribution >= 0.6 is 0 Å². The lowest BCUT2D eigenvalue weighted by Crippen LogP contribution is -2.24. The summed E-state index contributed by atoms with van der Waals surface area (Å²) in [6.07, 6.45) is 1.81. The number of ether oxygens (including phenoxy) is 2. The van der Waals surface area contributed by atoms with Crippen molar-refractivity contribution in [1.29, 1.82) is 0 Å². The fourth-order valence-electron chi connectivity index (χ4n) is 2.15. The topological polar surface area (TPSA) is 65.4 Å². The molecule has 1 aliphatic heterocycles. The van der Waals surface area contributed by atoms with Crippen LogP contribution in [0.1, 0.15) is 21.6 Å². The summed E-state index contributed by atoms with van der Waals surface area (Å²) < 4.78 is 12.2. The number of hydrogen-bond donors (Lipinski definition) is 1. The van der Waals surface area contributed by atoms with Gasteiger partial charge in [-0.25, -0.2) is 0 Å². The number of fused-ring (bicyclic) bond motifs is 1. The van der Waals surface area contributed by atoms with Gasteiger partial charge in [0.25, 0.3) is 5.91 Å². The van der Waals surface area contributed by atoms with Gasteiger partial charge in [0, 0.05) is 25.4 Å². The van der Waals surface area contributed by atoms with E-state index in [1.165, 1.54) is 0 Å². The third-order valence-electron chi connectivity index (χ3n) is 3.12. The van der Waals surface area contributed by atoms with Crippen LogP contribution in [-0.2, 0) is 13.6 Å². The quantitative estimate of drug-likeness (QED) is 0.917. The van der Waals surface area contributed by atoms with Gasteiger partial charge in [-0.1, -0.05) is 6.07 Å². The van der Waals surface area contributed by atoms with Gasteiger partial charge in [-0.3, -0.25) is 9.48 Å². The van der Waals surface area contributed by atoms with E-state index in [0.29, 0.717) is 18.0 Å². The van der Waals surface area contributed by atoms with E-state index >= 15 is 0 Å². The summed E-state index contributed by atoms with van der Waals surface area (Å²) in [5.41, 5.74) is 2.26.